The van der Waals surface area contributed by atoms with Crippen molar-refractivity contribution < 1.29 is 18.4 Å². The molecule has 0 N–H and O–H groups in total. The number of amides is 2. The number of halogens is 3. The number of hydrogen-bond acceptors (Lipinski definition) is 2. The van der Waals surface area contributed by atoms with Crippen molar-refractivity contribution in [2.45, 2.75) is 6.42 Å². The van der Waals surface area contributed by atoms with Crippen molar-refractivity contribution in [2.75, 3.05) is 24.5 Å². The summed E-state index contributed by atoms with van der Waals surface area (Å²) in [6.07, 6.45) is -0.167. The van der Waals surface area contributed by atoms with Crippen molar-refractivity contribution in [3.05, 3.63) is 64.7 Å². The first-order valence-electron chi connectivity index (χ1n) is 7.72. The number of nitrogens with zero attached hydrogens (tertiary/aromatic N) is 2. The SMILES string of the molecule is O=C(Cc1cccc(Cl)c1F)N1CCN(c2cccc(F)c2)C(=O)C1. The first kappa shape index (κ1) is 17.4. The highest BCUT2D eigenvalue weighted by molar-refractivity contribution is 6.30. The van der Waals surface area contributed by atoms with Gasteiger partial charge in [-0.15, -0.1) is 0 Å². The zero-order chi connectivity index (χ0) is 18.0. The highest BCUT2D eigenvalue weighted by Crippen LogP contribution is 2.21. The molecule has 2 aromatic rings. The van der Waals surface area contributed by atoms with Gasteiger partial charge in [0.1, 0.15) is 18.2 Å². The van der Waals surface area contributed by atoms with Gasteiger partial charge in [0.05, 0.1) is 11.4 Å². The molecular formula is C18H15ClF2N2O2. The highest BCUT2D eigenvalue weighted by Gasteiger charge is 2.28. The van der Waals surface area contributed by atoms with Gasteiger partial charge in [0.15, 0.2) is 0 Å². The van der Waals surface area contributed by atoms with Crippen LogP contribution in [0.15, 0.2) is 42.5 Å². The Labute approximate surface area is 148 Å². The Hall–Kier alpha value is -2.47. The Balaban J connectivity index is 1.67. The maximum Gasteiger partial charge on any atom is 0.246 e. The molecule has 0 spiro atoms. The summed E-state index contributed by atoms with van der Waals surface area (Å²) in [7, 11) is 0. The molecular weight excluding hydrogens is 350 g/mol. The summed E-state index contributed by atoms with van der Waals surface area (Å²) in [5, 5.41) is -0.0442. The summed E-state index contributed by atoms with van der Waals surface area (Å²) in [6.45, 7) is 0.423. The van der Waals surface area contributed by atoms with E-state index in [2.05, 4.69) is 0 Å². The van der Waals surface area contributed by atoms with Gasteiger partial charge in [0, 0.05) is 18.8 Å². The average molecular weight is 365 g/mol. The van der Waals surface area contributed by atoms with Gasteiger partial charge in [-0.1, -0.05) is 29.8 Å². The molecule has 2 aromatic carbocycles. The van der Waals surface area contributed by atoms with E-state index in [1.165, 1.54) is 40.1 Å². The number of rotatable bonds is 3. The van der Waals surface area contributed by atoms with Crippen LogP contribution in [0.5, 0.6) is 0 Å². The first-order valence-corrected chi connectivity index (χ1v) is 8.10. The average Bonchev–Trinajstić information content (AvgIpc) is 2.58. The summed E-state index contributed by atoms with van der Waals surface area (Å²) in [4.78, 5) is 27.5. The van der Waals surface area contributed by atoms with E-state index >= 15 is 0 Å². The van der Waals surface area contributed by atoms with Crippen LogP contribution in [-0.2, 0) is 16.0 Å². The molecule has 0 atom stereocenters. The number of carbonyl (C=O) groups is 2. The molecule has 7 heteroatoms. The highest BCUT2D eigenvalue weighted by atomic mass is 35.5. The first-order chi connectivity index (χ1) is 12.0. The van der Waals surface area contributed by atoms with E-state index in [1.807, 2.05) is 0 Å². The molecule has 0 bridgehead atoms. The topological polar surface area (TPSA) is 40.6 Å². The van der Waals surface area contributed by atoms with Crippen LogP contribution in [0.3, 0.4) is 0 Å². The number of hydrogen-bond donors (Lipinski definition) is 0. The summed E-state index contributed by atoms with van der Waals surface area (Å²) in [6, 6.07) is 10.2. The Bertz CT molecular complexity index is 828. The van der Waals surface area contributed by atoms with Crippen LogP contribution in [0.4, 0.5) is 14.5 Å². The van der Waals surface area contributed by atoms with Gasteiger partial charge in [0.25, 0.3) is 0 Å². The largest absolute Gasteiger partial charge is 0.331 e. The van der Waals surface area contributed by atoms with E-state index in [1.54, 1.807) is 12.1 Å². The fourth-order valence-electron chi connectivity index (χ4n) is 2.76. The molecule has 0 saturated carbocycles. The minimum atomic E-state index is -0.623. The van der Waals surface area contributed by atoms with Crippen molar-refractivity contribution in [1.29, 1.82) is 0 Å². The molecule has 3 rings (SSSR count). The lowest BCUT2D eigenvalue weighted by atomic mass is 10.1. The van der Waals surface area contributed by atoms with Crippen molar-refractivity contribution >= 4 is 29.1 Å². The van der Waals surface area contributed by atoms with Gasteiger partial charge in [-0.2, -0.15) is 0 Å². The molecule has 4 nitrogen and oxygen atoms in total. The molecule has 1 fully saturated rings. The van der Waals surface area contributed by atoms with Gasteiger partial charge >= 0.3 is 0 Å². The van der Waals surface area contributed by atoms with Crippen LogP contribution in [0, 0.1) is 11.6 Å². The van der Waals surface area contributed by atoms with Gasteiger partial charge in [0.2, 0.25) is 11.8 Å². The van der Waals surface area contributed by atoms with Gasteiger partial charge in [-0.3, -0.25) is 9.59 Å². The predicted octanol–water partition coefficient (Wildman–Crippen LogP) is 3.04. The summed E-state index contributed by atoms with van der Waals surface area (Å²) >= 11 is 5.71. The summed E-state index contributed by atoms with van der Waals surface area (Å²) < 4.78 is 27.2. The van der Waals surface area contributed by atoms with Crippen LogP contribution in [0.25, 0.3) is 0 Å². The van der Waals surface area contributed by atoms with E-state index in [9.17, 15) is 18.4 Å². The molecule has 1 aliphatic heterocycles. The molecule has 130 valence electrons. The number of benzene rings is 2. The lowest BCUT2D eigenvalue weighted by Gasteiger charge is -2.34. The predicted molar refractivity (Wildman–Crippen MR) is 90.4 cm³/mol. The van der Waals surface area contributed by atoms with Crippen LogP contribution < -0.4 is 4.90 Å². The summed E-state index contributed by atoms with van der Waals surface area (Å²) in [5.41, 5.74) is 0.649. The third-order valence-electron chi connectivity index (χ3n) is 4.07. The molecule has 25 heavy (non-hydrogen) atoms. The minimum absolute atomic E-state index is 0.0442. The zero-order valence-electron chi connectivity index (χ0n) is 13.2. The monoisotopic (exact) mass is 364 g/mol. The third-order valence-corrected chi connectivity index (χ3v) is 4.36. The van der Waals surface area contributed by atoms with E-state index in [0.717, 1.165) is 0 Å². The minimum Gasteiger partial charge on any atom is -0.331 e. The fourth-order valence-corrected chi connectivity index (χ4v) is 2.96. The molecule has 2 amide bonds. The second kappa shape index (κ2) is 7.19. The van der Waals surface area contributed by atoms with E-state index < -0.39 is 11.6 Å². The van der Waals surface area contributed by atoms with Crippen molar-refractivity contribution in [3.63, 3.8) is 0 Å². The lowest BCUT2D eigenvalue weighted by molar-refractivity contribution is -0.136. The Morgan fingerprint density at radius 2 is 1.88 bits per heavy atom. The number of piperazine rings is 1. The van der Waals surface area contributed by atoms with Crippen LogP contribution >= 0.6 is 11.6 Å². The van der Waals surface area contributed by atoms with E-state index in [-0.39, 0.29) is 41.9 Å². The number of anilines is 1. The maximum absolute atomic E-state index is 13.9. The van der Waals surface area contributed by atoms with E-state index in [4.69, 9.17) is 11.6 Å². The Morgan fingerprint density at radius 1 is 1.12 bits per heavy atom. The van der Waals surface area contributed by atoms with Gasteiger partial charge in [-0.05, 0) is 29.8 Å². The standard InChI is InChI=1S/C18H15ClF2N2O2/c19-15-6-1-3-12(18(15)21)9-16(24)22-7-8-23(17(25)11-22)14-5-2-4-13(20)10-14/h1-6,10H,7-9,11H2. The van der Waals surface area contributed by atoms with E-state index in [0.29, 0.717) is 12.2 Å². The second-order valence-corrected chi connectivity index (χ2v) is 6.14. The quantitative estimate of drug-likeness (QED) is 0.840. The van der Waals surface area contributed by atoms with Crippen molar-refractivity contribution in [2.24, 2.45) is 0 Å². The molecule has 0 radical (unpaired) electrons. The third kappa shape index (κ3) is 3.79. The molecule has 1 saturated heterocycles. The van der Waals surface area contributed by atoms with Crippen LogP contribution in [0.2, 0.25) is 5.02 Å². The molecule has 0 unspecified atom stereocenters. The zero-order valence-corrected chi connectivity index (χ0v) is 14.0. The lowest BCUT2D eigenvalue weighted by Crippen LogP contribution is -2.52. The second-order valence-electron chi connectivity index (χ2n) is 5.73. The maximum atomic E-state index is 13.9. The smallest absolute Gasteiger partial charge is 0.246 e. The molecule has 0 aliphatic carbocycles. The van der Waals surface area contributed by atoms with Crippen LogP contribution in [0.1, 0.15) is 5.56 Å². The van der Waals surface area contributed by atoms with Crippen LogP contribution in [-0.4, -0.2) is 36.3 Å². The fraction of sp³-hybridized carbons (Fsp3) is 0.222. The summed E-state index contributed by atoms with van der Waals surface area (Å²) in [5.74, 6) is -1.72. The van der Waals surface area contributed by atoms with Gasteiger partial charge < -0.3 is 9.80 Å². The normalized spacial score (nSPS) is 14.8. The van der Waals surface area contributed by atoms with Gasteiger partial charge in [-0.25, -0.2) is 8.78 Å². The molecule has 1 heterocycles. The number of carbonyl (C=O) groups excluding carboxylic acids is 2. The molecule has 1 aliphatic rings. The Morgan fingerprint density at radius 3 is 2.60 bits per heavy atom. The Kier molecular flexibility index (Phi) is 4.99. The van der Waals surface area contributed by atoms with Crippen molar-refractivity contribution in [3.8, 4) is 0 Å². The molecule has 0 aromatic heterocycles. The van der Waals surface area contributed by atoms with Crippen molar-refractivity contribution in [1.82, 2.24) is 4.90 Å².